The van der Waals surface area contributed by atoms with Crippen LogP contribution in [0, 0.1) is 0 Å². The highest BCUT2D eigenvalue weighted by molar-refractivity contribution is 5.91. The molecule has 7 heteroatoms. The van der Waals surface area contributed by atoms with Gasteiger partial charge in [0.15, 0.2) is 0 Å². The van der Waals surface area contributed by atoms with Gasteiger partial charge in [0.05, 0.1) is 12.2 Å². The summed E-state index contributed by atoms with van der Waals surface area (Å²) in [5, 5.41) is 0. The standard InChI is InChI=1S/C15H17F3N2O2.C2H6/c1-2-22-14(21)12-11(19)9-20(13(12)15(16,17)18)8-10-6-4-3-5-7-10;1-2/h3-7,13H,2,8-9,19H2,1H3;1-2H3. The Bertz CT molecular complexity index is 571. The quantitative estimate of drug-likeness (QED) is 0.852. The summed E-state index contributed by atoms with van der Waals surface area (Å²) in [6, 6.07) is 6.70. The summed E-state index contributed by atoms with van der Waals surface area (Å²) in [6.07, 6.45) is -4.60. The minimum absolute atomic E-state index is 0.00112. The largest absolute Gasteiger partial charge is 0.463 e. The summed E-state index contributed by atoms with van der Waals surface area (Å²) in [4.78, 5) is 13.0. The Labute approximate surface area is 140 Å². The molecule has 0 saturated carbocycles. The first-order chi connectivity index (χ1) is 11.3. The lowest BCUT2D eigenvalue weighted by molar-refractivity contribution is -0.175. The lowest BCUT2D eigenvalue weighted by atomic mass is 10.1. The van der Waals surface area contributed by atoms with E-state index < -0.39 is 23.8 Å². The van der Waals surface area contributed by atoms with Crippen molar-refractivity contribution in [3.63, 3.8) is 0 Å². The highest BCUT2D eigenvalue weighted by Crippen LogP contribution is 2.36. The van der Waals surface area contributed by atoms with Crippen molar-refractivity contribution >= 4 is 5.97 Å². The van der Waals surface area contributed by atoms with Crippen molar-refractivity contribution < 1.29 is 22.7 Å². The Balaban J connectivity index is 0.00000139. The number of esters is 1. The maximum absolute atomic E-state index is 13.4. The number of benzene rings is 1. The molecule has 24 heavy (non-hydrogen) atoms. The number of hydrogen-bond donors (Lipinski definition) is 1. The summed E-state index contributed by atoms with van der Waals surface area (Å²) >= 11 is 0. The molecule has 2 N–H and O–H groups in total. The Morgan fingerprint density at radius 1 is 1.29 bits per heavy atom. The molecular formula is C17H23F3N2O2. The molecule has 0 aromatic heterocycles. The number of carbonyl (C=O) groups is 1. The molecule has 134 valence electrons. The molecule has 0 amide bonds. The monoisotopic (exact) mass is 344 g/mol. The predicted molar refractivity (Wildman–Crippen MR) is 85.9 cm³/mol. The minimum atomic E-state index is -4.60. The van der Waals surface area contributed by atoms with Crippen LogP contribution in [0.5, 0.6) is 0 Å². The van der Waals surface area contributed by atoms with Crippen LogP contribution in [0.4, 0.5) is 13.2 Å². The van der Waals surface area contributed by atoms with E-state index in [0.717, 1.165) is 10.5 Å². The molecule has 1 unspecified atom stereocenters. The third-order valence-corrected chi connectivity index (χ3v) is 3.39. The van der Waals surface area contributed by atoms with Crippen molar-refractivity contribution in [1.29, 1.82) is 0 Å². The van der Waals surface area contributed by atoms with Crippen LogP contribution in [0.2, 0.25) is 0 Å². The summed E-state index contributed by atoms with van der Waals surface area (Å²) < 4.78 is 44.9. The zero-order valence-corrected chi connectivity index (χ0v) is 14.1. The number of rotatable bonds is 4. The van der Waals surface area contributed by atoms with Crippen molar-refractivity contribution in [3.8, 4) is 0 Å². The van der Waals surface area contributed by atoms with E-state index in [2.05, 4.69) is 0 Å². The van der Waals surface area contributed by atoms with Crippen molar-refractivity contribution in [2.24, 2.45) is 5.73 Å². The van der Waals surface area contributed by atoms with Gasteiger partial charge in [-0.15, -0.1) is 0 Å². The van der Waals surface area contributed by atoms with Gasteiger partial charge in [0, 0.05) is 18.8 Å². The van der Waals surface area contributed by atoms with E-state index in [9.17, 15) is 18.0 Å². The second kappa shape index (κ2) is 8.73. The second-order valence-electron chi connectivity index (χ2n) is 4.99. The fourth-order valence-corrected chi connectivity index (χ4v) is 2.54. The van der Waals surface area contributed by atoms with Gasteiger partial charge < -0.3 is 10.5 Å². The smallest absolute Gasteiger partial charge is 0.408 e. The van der Waals surface area contributed by atoms with Gasteiger partial charge in [0.1, 0.15) is 6.04 Å². The SMILES string of the molecule is CC.CCOC(=O)C1=C(N)CN(Cc2ccccc2)C1C(F)(F)F. The first-order valence-corrected chi connectivity index (χ1v) is 7.85. The molecule has 1 atom stereocenters. The van der Waals surface area contributed by atoms with E-state index in [1.165, 1.54) is 6.92 Å². The minimum Gasteiger partial charge on any atom is -0.463 e. The second-order valence-corrected chi connectivity index (χ2v) is 4.99. The fraction of sp³-hybridized carbons (Fsp3) is 0.471. The van der Waals surface area contributed by atoms with E-state index in [4.69, 9.17) is 10.5 Å². The van der Waals surface area contributed by atoms with Gasteiger partial charge in [-0.3, -0.25) is 4.90 Å². The summed E-state index contributed by atoms with van der Waals surface area (Å²) in [5.41, 5.74) is 5.81. The van der Waals surface area contributed by atoms with Crippen LogP contribution in [0.3, 0.4) is 0 Å². The molecule has 1 heterocycles. The third-order valence-electron chi connectivity index (χ3n) is 3.39. The van der Waals surface area contributed by atoms with E-state index in [1.807, 2.05) is 13.8 Å². The van der Waals surface area contributed by atoms with Crippen LogP contribution in [0.1, 0.15) is 26.3 Å². The van der Waals surface area contributed by atoms with E-state index in [1.54, 1.807) is 30.3 Å². The molecule has 0 radical (unpaired) electrons. The lowest BCUT2D eigenvalue weighted by Gasteiger charge is -2.28. The molecule has 0 bridgehead atoms. The zero-order chi connectivity index (χ0) is 18.3. The van der Waals surface area contributed by atoms with Gasteiger partial charge in [0.25, 0.3) is 0 Å². The van der Waals surface area contributed by atoms with E-state index in [0.29, 0.717) is 0 Å². The Kier molecular flexibility index (Phi) is 7.28. The molecule has 2 rings (SSSR count). The Morgan fingerprint density at radius 2 is 1.88 bits per heavy atom. The number of alkyl halides is 3. The van der Waals surface area contributed by atoms with Crippen LogP contribution < -0.4 is 5.73 Å². The summed E-state index contributed by atoms with van der Waals surface area (Å²) in [6.45, 7) is 5.47. The number of hydrogen-bond acceptors (Lipinski definition) is 4. The first kappa shape index (κ1) is 20.0. The lowest BCUT2D eigenvalue weighted by Crippen LogP contribution is -2.44. The zero-order valence-electron chi connectivity index (χ0n) is 14.1. The molecule has 0 fully saturated rings. The molecule has 0 aliphatic carbocycles. The van der Waals surface area contributed by atoms with E-state index in [-0.39, 0.29) is 25.4 Å². The average Bonchev–Trinajstić information content (AvgIpc) is 2.87. The Hall–Kier alpha value is -2.02. The van der Waals surface area contributed by atoms with E-state index >= 15 is 0 Å². The molecular weight excluding hydrogens is 321 g/mol. The summed E-state index contributed by atoms with van der Waals surface area (Å²) in [7, 11) is 0. The van der Waals surface area contributed by atoms with Crippen molar-refractivity contribution in [1.82, 2.24) is 4.90 Å². The third kappa shape index (κ3) is 4.74. The highest BCUT2D eigenvalue weighted by Gasteiger charge is 2.52. The number of ether oxygens (including phenoxy) is 1. The van der Waals surface area contributed by atoms with Gasteiger partial charge >= 0.3 is 12.1 Å². The normalized spacial score (nSPS) is 18.2. The molecule has 1 aliphatic heterocycles. The number of halogens is 3. The average molecular weight is 344 g/mol. The molecule has 1 aliphatic rings. The molecule has 0 saturated heterocycles. The summed E-state index contributed by atoms with van der Waals surface area (Å²) in [5.74, 6) is -1.00. The van der Waals surface area contributed by atoms with Crippen LogP contribution in [-0.2, 0) is 16.1 Å². The van der Waals surface area contributed by atoms with Crippen molar-refractivity contribution in [3.05, 3.63) is 47.2 Å². The molecule has 1 aromatic rings. The van der Waals surface area contributed by atoms with Gasteiger partial charge in [-0.05, 0) is 12.5 Å². The maximum atomic E-state index is 13.4. The van der Waals surface area contributed by atoms with Gasteiger partial charge in [-0.25, -0.2) is 4.79 Å². The number of nitrogens with two attached hydrogens (primary N) is 1. The molecule has 0 spiro atoms. The van der Waals surface area contributed by atoms with Crippen LogP contribution in [-0.4, -0.2) is 36.2 Å². The van der Waals surface area contributed by atoms with Crippen LogP contribution >= 0.6 is 0 Å². The van der Waals surface area contributed by atoms with Crippen molar-refractivity contribution in [2.45, 2.75) is 39.5 Å². The van der Waals surface area contributed by atoms with Crippen LogP contribution in [0.25, 0.3) is 0 Å². The topological polar surface area (TPSA) is 55.6 Å². The van der Waals surface area contributed by atoms with Gasteiger partial charge in [-0.1, -0.05) is 44.2 Å². The molecule has 4 nitrogen and oxygen atoms in total. The van der Waals surface area contributed by atoms with Gasteiger partial charge in [-0.2, -0.15) is 13.2 Å². The molecule has 1 aromatic carbocycles. The highest BCUT2D eigenvalue weighted by atomic mass is 19.4. The van der Waals surface area contributed by atoms with Gasteiger partial charge in [0.2, 0.25) is 0 Å². The maximum Gasteiger partial charge on any atom is 0.408 e. The Morgan fingerprint density at radius 3 is 2.38 bits per heavy atom. The van der Waals surface area contributed by atoms with Crippen LogP contribution in [0.15, 0.2) is 41.6 Å². The van der Waals surface area contributed by atoms with Crippen molar-refractivity contribution in [2.75, 3.05) is 13.2 Å². The fourth-order valence-electron chi connectivity index (χ4n) is 2.54. The predicted octanol–water partition coefficient (Wildman–Crippen LogP) is 3.24. The number of carbonyl (C=O) groups excluding carboxylic acids is 1. The number of nitrogens with zero attached hydrogens (tertiary/aromatic N) is 1. The first-order valence-electron chi connectivity index (χ1n) is 7.85.